The van der Waals surface area contributed by atoms with E-state index in [1.54, 1.807) is 6.92 Å². The van der Waals surface area contributed by atoms with E-state index in [2.05, 4.69) is 12.2 Å². The SMILES string of the molecule is CC[C@@H](O)[C@@H](O)[C@@H](O)C=S. The summed E-state index contributed by atoms with van der Waals surface area (Å²) in [6.07, 6.45) is -2.75. The molecule has 0 fully saturated rings. The Morgan fingerprint density at radius 3 is 2.20 bits per heavy atom. The fourth-order valence-electron chi connectivity index (χ4n) is 0.550. The molecule has 0 unspecified atom stereocenters. The van der Waals surface area contributed by atoms with E-state index in [1.165, 1.54) is 0 Å². The third-order valence-electron chi connectivity index (χ3n) is 1.30. The minimum absolute atomic E-state index is 0.404. The topological polar surface area (TPSA) is 60.7 Å². The molecule has 0 amide bonds. The standard InChI is InChI=1S/C6H12O3S/c1-2-4(7)6(9)5(8)3-10/h3-9H,2H2,1H3/t4-,5+,6-/m1/s1. The lowest BCUT2D eigenvalue weighted by molar-refractivity contribution is -0.0331. The van der Waals surface area contributed by atoms with Crippen LogP contribution in [-0.4, -0.2) is 39.0 Å². The van der Waals surface area contributed by atoms with Crippen LogP contribution in [0.2, 0.25) is 0 Å². The van der Waals surface area contributed by atoms with E-state index < -0.39 is 18.3 Å². The molecule has 0 saturated carbocycles. The summed E-state index contributed by atoms with van der Waals surface area (Å²) < 4.78 is 0. The van der Waals surface area contributed by atoms with Crippen molar-refractivity contribution in [2.45, 2.75) is 31.7 Å². The van der Waals surface area contributed by atoms with Gasteiger partial charge < -0.3 is 15.3 Å². The van der Waals surface area contributed by atoms with E-state index in [-0.39, 0.29) is 0 Å². The van der Waals surface area contributed by atoms with Gasteiger partial charge in [0.1, 0.15) is 12.2 Å². The molecule has 0 aliphatic heterocycles. The highest BCUT2D eigenvalue weighted by Crippen LogP contribution is 2.01. The lowest BCUT2D eigenvalue weighted by Gasteiger charge is -2.18. The zero-order chi connectivity index (χ0) is 8.15. The lowest BCUT2D eigenvalue weighted by Crippen LogP contribution is -2.37. The molecule has 3 atom stereocenters. The zero-order valence-electron chi connectivity index (χ0n) is 5.77. The second-order valence-electron chi connectivity index (χ2n) is 2.09. The summed E-state index contributed by atoms with van der Waals surface area (Å²) in [6, 6.07) is 0. The predicted octanol–water partition coefficient (Wildman–Crippen LogP) is -0.521. The molecule has 0 aromatic carbocycles. The minimum Gasteiger partial charge on any atom is -0.390 e. The van der Waals surface area contributed by atoms with Gasteiger partial charge in [0.15, 0.2) is 0 Å². The van der Waals surface area contributed by atoms with Gasteiger partial charge in [-0.05, 0) is 6.42 Å². The van der Waals surface area contributed by atoms with Crippen LogP contribution in [0.4, 0.5) is 0 Å². The molecule has 3 N–H and O–H groups in total. The van der Waals surface area contributed by atoms with Crippen LogP contribution >= 0.6 is 12.2 Å². The van der Waals surface area contributed by atoms with Gasteiger partial charge in [-0.2, -0.15) is 0 Å². The third-order valence-corrected chi connectivity index (χ3v) is 1.58. The van der Waals surface area contributed by atoms with Crippen LogP contribution in [0, 0.1) is 0 Å². The fraction of sp³-hybridized carbons (Fsp3) is 0.833. The molecule has 0 aromatic rings. The van der Waals surface area contributed by atoms with Crippen LogP contribution in [0.25, 0.3) is 0 Å². The number of aliphatic hydroxyl groups excluding tert-OH is 3. The van der Waals surface area contributed by atoms with Crippen LogP contribution in [0.3, 0.4) is 0 Å². The summed E-state index contributed by atoms with van der Waals surface area (Å²) in [4.78, 5) is 0. The van der Waals surface area contributed by atoms with Crippen molar-refractivity contribution in [1.82, 2.24) is 0 Å². The first-order valence-corrected chi connectivity index (χ1v) is 3.60. The molecule has 60 valence electrons. The molecule has 0 heterocycles. The molecule has 4 heteroatoms. The normalized spacial score (nSPS) is 19.6. The highest BCUT2D eigenvalue weighted by atomic mass is 32.1. The largest absolute Gasteiger partial charge is 0.390 e. The van der Waals surface area contributed by atoms with Gasteiger partial charge in [0.2, 0.25) is 0 Å². The molecule has 3 nitrogen and oxygen atoms in total. The maximum Gasteiger partial charge on any atom is 0.111 e. The summed E-state index contributed by atoms with van der Waals surface area (Å²) in [5.41, 5.74) is 0. The summed E-state index contributed by atoms with van der Waals surface area (Å²) in [5.74, 6) is 0. The van der Waals surface area contributed by atoms with Crippen molar-refractivity contribution in [2.75, 3.05) is 0 Å². The smallest absolute Gasteiger partial charge is 0.111 e. The molecule has 10 heavy (non-hydrogen) atoms. The first-order chi connectivity index (χ1) is 4.63. The third kappa shape index (κ3) is 2.70. The number of hydrogen-bond donors (Lipinski definition) is 3. The van der Waals surface area contributed by atoms with Crippen molar-refractivity contribution < 1.29 is 15.3 Å². The fourth-order valence-corrected chi connectivity index (χ4v) is 0.711. The second-order valence-corrected chi connectivity index (χ2v) is 2.37. The summed E-state index contributed by atoms with van der Waals surface area (Å²) in [6.45, 7) is 1.71. The monoisotopic (exact) mass is 164 g/mol. The molecule has 0 bridgehead atoms. The first kappa shape index (κ1) is 9.97. The Hall–Kier alpha value is -0.0300. The number of rotatable bonds is 4. The van der Waals surface area contributed by atoms with E-state index in [0.717, 1.165) is 5.37 Å². The van der Waals surface area contributed by atoms with Crippen molar-refractivity contribution in [1.29, 1.82) is 0 Å². The average molecular weight is 164 g/mol. The maximum atomic E-state index is 8.99. The van der Waals surface area contributed by atoms with Gasteiger partial charge in [0, 0.05) is 5.37 Å². The molecule has 0 saturated heterocycles. The summed E-state index contributed by atoms with van der Waals surface area (Å²) in [5, 5.41) is 27.8. The quantitative estimate of drug-likeness (QED) is 0.489. The van der Waals surface area contributed by atoms with Crippen LogP contribution in [0.5, 0.6) is 0 Å². The van der Waals surface area contributed by atoms with E-state index in [9.17, 15) is 0 Å². The number of thiocarbonyl (C=S) groups is 1. The minimum atomic E-state index is -1.15. The Kier molecular flexibility index (Phi) is 4.72. The summed E-state index contributed by atoms with van der Waals surface area (Å²) in [7, 11) is 0. The number of hydrogen-bond acceptors (Lipinski definition) is 4. The van der Waals surface area contributed by atoms with Crippen molar-refractivity contribution in [3.05, 3.63) is 0 Å². The highest BCUT2D eigenvalue weighted by Gasteiger charge is 2.20. The Bertz CT molecular complexity index is 107. The van der Waals surface area contributed by atoms with E-state index in [4.69, 9.17) is 15.3 Å². The lowest BCUT2D eigenvalue weighted by atomic mass is 10.1. The van der Waals surface area contributed by atoms with Gasteiger partial charge in [-0.3, -0.25) is 0 Å². The van der Waals surface area contributed by atoms with Gasteiger partial charge in [0.05, 0.1) is 6.10 Å². The van der Waals surface area contributed by atoms with E-state index in [0.29, 0.717) is 6.42 Å². The van der Waals surface area contributed by atoms with Crippen LogP contribution in [0.15, 0.2) is 0 Å². The molecule has 0 radical (unpaired) electrons. The van der Waals surface area contributed by atoms with Crippen molar-refractivity contribution in [3.8, 4) is 0 Å². The average Bonchev–Trinajstić information content (AvgIpc) is 2.00. The Morgan fingerprint density at radius 1 is 1.40 bits per heavy atom. The van der Waals surface area contributed by atoms with E-state index in [1.807, 2.05) is 0 Å². The zero-order valence-corrected chi connectivity index (χ0v) is 6.58. The van der Waals surface area contributed by atoms with Gasteiger partial charge in [-0.25, -0.2) is 0 Å². The van der Waals surface area contributed by atoms with Gasteiger partial charge >= 0.3 is 0 Å². The molecule has 0 aromatic heterocycles. The van der Waals surface area contributed by atoms with Crippen LogP contribution in [0.1, 0.15) is 13.3 Å². The highest BCUT2D eigenvalue weighted by molar-refractivity contribution is 7.79. The molecule has 0 aliphatic carbocycles. The van der Waals surface area contributed by atoms with Crippen molar-refractivity contribution >= 4 is 17.6 Å². The van der Waals surface area contributed by atoms with Crippen LogP contribution < -0.4 is 0 Å². The molecular formula is C6H12O3S. The Morgan fingerprint density at radius 2 is 1.90 bits per heavy atom. The molecule has 0 spiro atoms. The number of aliphatic hydroxyl groups is 3. The Balaban J connectivity index is 3.80. The van der Waals surface area contributed by atoms with Crippen molar-refractivity contribution in [2.24, 2.45) is 0 Å². The van der Waals surface area contributed by atoms with Gasteiger partial charge in [-0.15, -0.1) is 0 Å². The maximum absolute atomic E-state index is 8.99. The van der Waals surface area contributed by atoms with Gasteiger partial charge in [0.25, 0.3) is 0 Å². The molecule has 0 aliphatic rings. The molecular weight excluding hydrogens is 152 g/mol. The van der Waals surface area contributed by atoms with Crippen LogP contribution in [-0.2, 0) is 0 Å². The second kappa shape index (κ2) is 4.73. The predicted molar refractivity (Wildman–Crippen MR) is 42.0 cm³/mol. The van der Waals surface area contributed by atoms with Gasteiger partial charge in [-0.1, -0.05) is 19.1 Å². The first-order valence-electron chi connectivity index (χ1n) is 3.13. The Labute approximate surface area is 65.3 Å². The van der Waals surface area contributed by atoms with E-state index >= 15 is 0 Å². The molecule has 0 rings (SSSR count). The summed E-state index contributed by atoms with van der Waals surface area (Å²) >= 11 is 4.37. The van der Waals surface area contributed by atoms with Crippen molar-refractivity contribution in [3.63, 3.8) is 0 Å².